The molecule has 0 spiro atoms. The third-order valence-corrected chi connectivity index (χ3v) is 6.03. The number of aliphatic hydroxyl groups excluding tert-OH is 1. The van der Waals surface area contributed by atoms with Crippen molar-refractivity contribution in [3.8, 4) is 16.9 Å². The summed E-state index contributed by atoms with van der Waals surface area (Å²) in [5.41, 5.74) is 3.18. The molecular weight excluding hydrogens is 508 g/mol. The Morgan fingerprint density at radius 3 is 2.33 bits per heavy atom. The fourth-order valence-electron chi connectivity index (χ4n) is 4.02. The van der Waals surface area contributed by atoms with Gasteiger partial charge in [-0.05, 0) is 68.0 Å². The van der Waals surface area contributed by atoms with Crippen molar-refractivity contribution < 1.29 is 28.9 Å². The minimum Gasteiger partial charge on any atom is -0.492 e. The molecule has 0 radical (unpaired) electrons. The van der Waals surface area contributed by atoms with Crippen LogP contribution in [0.15, 0.2) is 67.0 Å². The molecule has 0 bridgehead atoms. The van der Waals surface area contributed by atoms with Crippen molar-refractivity contribution >= 4 is 11.9 Å². The van der Waals surface area contributed by atoms with Crippen LogP contribution in [0, 0.1) is 5.92 Å². The van der Waals surface area contributed by atoms with Crippen molar-refractivity contribution in [1.29, 1.82) is 0 Å². The number of benzene rings is 2. The number of nitrogens with one attached hydrogen (secondary N) is 1. The summed E-state index contributed by atoms with van der Waals surface area (Å²) in [5, 5.41) is 14.1. The highest BCUT2D eigenvalue weighted by atomic mass is 16.6. The molecule has 2 aromatic carbocycles. The lowest BCUT2D eigenvalue weighted by Gasteiger charge is -2.27. The van der Waals surface area contributed by atoms with Crippen LogP contribution in [0.25, 0.3) is 11.1 Å². The van der Waals surface area contributed by atoms with Gasteiger partial charge in [-0.15, -0.1) is 0 Å². The van der Waals surface area contributed by atoms with Gasteiger partial charge in [0.2, 0.25) is 0 Å². The lowest BCUT2D eigenvalue weighted by Crippen LogP contribution is -2.46. The van der Waals surface area contributed by atoms with Crippen LogP contribution in [-0.2, 0) is 20.7 Å². The first-order chi connectivity index (χ1) is 19.0. The van der Waals surface area contributed by atoms with Gasteiger partial charge in [-0.3, -0.25) is 9.78 Å². The van der Waals surface area contributed by atoms with Gasteiger partial charge in [-0.1, -0.05) is 50.2 Å². The number of rotatable bonds is 12. The van der Waals surface area contributed by atoms with E-state index in [1.165, 1.54) is 7.11 Å². The van der Waals surface area contributed by atoms with Gasteiger partial charge in [-0.25, -0.2) is 4.79 Å². The number of hydrogen-bond donors (Lipinski definition) is 2. The summed E-state index contributed by atoms with van der Waals surface area (Å²) in [6.07, 6.45) is 2.68. The lowest BCUT2D eigenvalue weighted by atomic mass is 10.0. The topological polar surface area (TPSA) is 107 Å². The maximum absolute atomic E-state index is 12.9. The maximum atomic E-state index is 12.9. The minimum atomic E-state index is -1.11. The third-order valence-electron chi connectivity index (χ3n) is 6.03. The molecule has 0 amide bonds. The van der Waals surface area contributed by atoms with E-state index in [-0.39, 0.29) is 0 Å². The standard InChI is InChI=1S/C32H40N2O6/c1-21(2)20-39-27-18-24(13-14-26(27)30(36)38-6)23-11-9-22(10-12-23)15-17-34-28(31(37)40-32(3,4)5)29(35)25-8-7-16-33-19-25/h7-14,16,18-19,21,28-29,34-35H,15,17,20H2,1-6H3/t28?,29-/m1/s1. The van der Waals surface area contributed by atoms with Crippen LogP contribution in [0.4, 0.5) is 0 Å². The Kier molecular flexibility index (Phi) is 10.8. The first-order valence-electron chi connectivity index (χ1n) is 13.5. The van der Waals surface area contributed by atoms with E-state index in [1.807, 2.05) is 50.2 Å². The van der Waals surface area contributed by atoms with E-state index in [0.29, 0.717) is 42.4 Å². The lowest BCUT2D eigenvalue weighted by molar-refractivity contribution is -0.160. The summed E-state index contributed by atoms with van der Waals surface area (Å²) in [4.78, 5) is 29.2. The summed E-state index contributed by atoms with van der Waals surface area (Å²) in [6.45, 7) is 10.4. The Morgan fingerprint density at radius 2 is 1.73 bits per heavy atom. The van der Waals surface area contributed by atoms with Gasteiger partial charge in [0, 0.05) is 24.5 Å². The number of methoxy groups -OCH3 is 1. The zero-order chi connectivity index (χ0) is 29.3. The summed E-state index contributed by atoms with van der Waals surface area (Å²) in [7, 11) is 1.35. The quantitative estimate of drug-likeness (QED) is 0.300. The molecule has 0 aliphatic carbocycles. The second kappa shape index (κ2) is 14.1. The average molecular weight is 549 g/mol. The van der Waals surface area contributed by atoms with Gasteiger partial charge in [-0.2, -0.15) is 0 Å². The highest BCUT2D eigenvalue weighted by Crippen LogP contribution is 2.29. The van der Waals surface area contributed by atoms with Crippen LogP contribution in [0.3, 0.4) is 0 Å². The van der Waals surface area contributed by atoms with Crippen molar-refractivity contribution in [2.45, 2.75) is 58.8 Å². The Bertz CT molecular complexity index is 1250. The Labute approximate surface area is 236 Å². The van der Waals surface area contributed by atoms with Crippen molar-refractivity contribution in [2.24, 2.45) is 5.92 Å². The normalized spacial score (nSPS) is 13.0. The highest BCUT2D eigenvalue weighted by Gasteiger charge is 2.32. The van der Waals surface area contributed by atoms with E-state index in [0.717, 1.165) is 16.7 Å². The van der Waals surface area contributed by atoms with Crippen molar-refractivity contribution in [3.63, 3.8) is 0 Å². The number of hydrogen-bond acceptors (Lipinski definition) is 8. The molecule has 2 atom stereocenters. The van der Waals surface area contributed by atoms with E-state index in [4.69, 9.17) is 14.2 Å². The van der Waals surface area contributed by atoms with Gasteiger partial charge < -0.3 is 24.6 Å². The van der Waals surface area contributed by atoms with Crippen LogP contribution in [-0.4, -0.2) is 53.9 Å². The summed E-state index contributed by atoms with van der Waals surface area (Å²) in [6, 6.07) is 16.0. The molecule has 3 aromatic rings. The monoisotopic (exact) mass is 548 g/mol. The number of aliphatic hydroxyl groups is 1. The second-order valence-corrected chi connectivity index (χ2v) is 11.1. The Morgan fingerprint density at radius 1 is 1.02 bits per heavy atom. The van der Waals surface area contributed by atoms with E-state index in [9.17, 15) is 14.7 Å². The predicted molar refractivity (Wildman–Crippen MR) is 154 cm³/mol. The molecule has 3 rings (SSSR count). The van der Waals surface area contributed by atoms with Crippen LogP contribution in [0.2, 0.25) is 0 Å². The highest BCUT2D eigenvalue weighted by molar-refractivity contribution is 5.93. The number of carbonyl (C=O) groups is 2. The summed E-state index contributed by atoms with van der Waals surface area (Å²) >= 11 is 0. The molecule has 1 unspecified atom stereocenters. The SMILES string of the molecule is COC(=O)c1ccc(-c2ccc(CCNC(C(=O)OC(C)(C)C)[C@H](O)c3cccnc3)cc2)cc1OCC(C)C. The first-order valence-corrected chi connectivity index (χ1v) is 13.5. The molecule has 8 heteroatoms. The molecular formula is C32H40N2O6. The molecule has 0 aliphatic heterocycles. The van der Waals surface area contributed by atoms with Gasteiger partial charge in [0.1, 0.15) is 29.1 Å². The van der Waals surface area contributed by atoms with Gasteiger partial charge in [0.25, 0.3) is 0 Å². The molecule has 40 heavy (non-hydrogen) atoms. The van der Waals surface area contributed by atoms with Crippen molar-refractivity contribution in [3.05, 3.63) is 83.7 Å². The molecule has 1 heterocycles. The molecule has 1 aromatic heterocycles. The number of pyridine rings is 1. The van der Waals surface area contributed by atoms with E-state index in [1.54, 1.807) is 51.4 Å². The molecule has 2 N–H and O–H groups in total. The van der Waals surface area contributed by atoms with Crippen molar-refractivity contribution in [1.82, 2.24) is 10.3 Å². The molecule has 0 aliphatic rings. The maximum Gasteiger partial charge on any atom is 0.341 e. The van der Waals surface area contributed by atoms with Crippen LogP contribution < -0.4 is 10.1 Å². The Hall–Kier alpha value is -3.75. The fraction of sp³-hybridized carbons (Fsp3) is 0.406. The summed E-state index contributed by atoms with van der Waals surface area (Å²) < 4.78 is 16.4. The second-order valence-electron chi connectivity index (χ2n) is 11.1. The van der Waals surface area contributed by atoms with Gasteiger partial charge in [0.15, 0.2) is 0 Å². The third kappa shape index (κ3) is 8.89. The number of ether oxygens (including phenoxy) is 3. The van der Waals surface area contributed by atoms with Gasteiger partial charge >= 0.3 is 11.9 Å². The van der Waals surface area contributed by atoms with E-state index >= 15 is 0 Å². The fourth-order valence-corrected chi connectivity index (χ4v) is 4.02. The largest absolute Gasteiger partial charge is 0.492 e. The minimum absolute atomic E-state index is 0.308. The summed E-state index contributed by atoms with van der Waals surface area (Å²) in [5.74, 6) is -0.161. The van der Waals surface area contributed by atoms with E-state index in [2.05, 4.69) is 10.3 Å². The molecule has 0 fully saturated rings. The molecule has 0 saturated heterocycles. The zero-order valence-corrected chi connectivity index (χ0v) is 24.1. The zero-order valence-electron chi connectivity index (χ0n) is 24.1. The molecule has 8 nitrogen and oxygen atoms in total. The number of carbonyl (C=O) groups excluding carboxylic acids is 2. The number of esters is 2. The predicted octanol–water partition coefficient (Wildman–Crippen LogP) is 5.15. The Balaban J connectivity index is 1.70. The number of nitrogens with zero attached hydrogens (tertiary/aromatic N) is 1. The van der Waals surface area contributed by atoms with E-state index < -0.39 is 29.7 Å². The first kappa shape index (κ1) is 30.8. The van der Waals surface area contributed by atoms with Crippen molar-refractivity contribution in [2.75, 3.05) is 20.3 Å². The molecule has 214 valence electrons. The molecule has 0 saturated carbocycles. The van der Waals surface area contributed by atoms with Crippen LogP contribution in [0.5, 0.6) is 5.75 Å². The average Bonchev–Trinajstić information content (AvgIpc) is 2.93. The smallest absolute Gasteiger partial charge is 0.341 e. The van der Waals surface area contributed by atoms with Gasteiger partial charge in [0.05, 0.1) is 13.7 Å². The number of aromatic nitrogens is 1. The van der Waals surface area contributed by atoms with Crippen LogP contribution in [0.1, 0.15) is 62.2 Å². The van der Waals surface area contributed by atoms with Crippen LogP contribution >= 0.6 is 0 Å².